The summed E-state index contributed by atoms with van der Waals surface area (Å²) in [6.07, 6.45) is 92.3. The summed E-state index contributed by atoms with van der Waals surface area (Å²) in [7, 11) is 0. The standard InChI is InChI=1S/C76H136O6/c1-4-7-10-13-16-19-22-24-26-28-30-32-34-36-38-40-41-43-45-47-49-51-54-57-60-63-66-69-75(78)81-72-73(71-80-74(77)68-65-62-59-56-53-21-18-15-12-9-6-3)82-76(79)70-67-64-61-58-55-52-50-48-46-44-42-39-37-35-33-31-29-27-25-23-20-17-14-11-8-5-2/h7,10,16,19,24,26,30,32,36,38,41,43,73H,4-6,8-9,11-15,17-18,20-23,25,27-29,31,33-35,37,39-40,42,44-72H2,1-3H3/b10-7-,19-16-,26-24-,32-30-,38-36-,43-41-. The van der Waals surface area contributed by atoms with Gasteiger partial charge in [-0.3, -0.25) is 14.4 Å². The van der Waals surface area contributed by atoms with Crippen LogP contribution in [-0.2, 0) is 28.6 Å². The Morgan fingerprint density at radius 1 is 0.256 bits per heavy atom. The smallest absolute Gasteiger partial charge is 0.306 e. The molecule has 0 saturated heterocycles. The Morgan fingerprint density at radius 2 is 0.476 bits per heavy atom. The van der Waals surface area contributed by atoms with Crippen LogP contribution < -0.4 is 0 Å². The van der Waals surface area contributed by atoms with Crippen molar-refractivity contribution < 1.29 is 28.6 Å². The van der Waals surface area contributed by atoms with Gasteiger partial charge in [0.05, 0.1) is 0 Å². The van der Waals surface area contributed by atoms with E-state index in [4.69, 9.17) is 14.2 Å². The number of rotatable bonds is 66. The predicted octanol–water partition coefficient (Wildman–Crippen LogP) is 24.8. The third kappa shape index (κ3) is 67.6. The number of carbonyl (C=O) groups is 3. The molecule has 0 bridgehead atoms. The molecule has 0 radical (unpaired) electrons. The van der Waals surface area contributed by atoms with E-state index in [2.05, 4.69) is 93.7 Å². The molecule has 1 unspecified atom stereocenters. The third-order valence-electron chi connectivity index (χ3n) is 16.0. The first kappa shape index (κ1) is 78.8. The van der Waals surface area contributed by atoms with Crippen molar-refractivity contribution >= 4 is 17.9 Å². The van der Waals surface area contributed by atoms with Crippen LogP contribution in [0.1, 0.15) is 374 Å². The van der Waals surface area contributed by atoms with Gasteiger partial charge < -0.3 is 14.2 Å². The molecule has 6 heteroatoms. The van der Waals surface area contributed by atoms with E-state index < -0.39 is 6.10 Å². The minimum Gasteiger partial charge on any atom is -0.462 e. The molecule has 0 rings (SSSR count). The summed E-state index contributed by atoms with van der Waals surface area (Å²) in [6, 6.07) is 0. The monoisotopic (exact) mass is 1150 g/mol. The summed E-state index contributed by atoms with van der Waals surface area (Å²) in [4.78, 5) is 38.4. The highest BCUT2D eigenvalue weighted by atomic mass is 16.6. The quantitative estimate of drug-likeness (QED) is 0.0261. The lowest BCUT2D eigenvalue weighted by atomic mass is 10.0. The Morgan fingerprint density at radius 3 is 0.744 bits per heavy atom. The molecule has 0 spiro atoms. The van der Waals surface area contributed by atoms with Gasteiger partial charge in [0.2, 0.25) is 0 Å². The molecule has 1 atom stereocenters. The van der Waals surface area contributed by atoms with Crippen molar-refractivity contribution in [1.82, 2.24) is 0 Å². The van der Waals surface area contributed by atoms with Gasteiger partial charge in [-0.1, -0.05) is 357 Å². The first-order chi connectivity index (χ1) is 40.5. The van der Waals surface area contributed by atoms with Crippen LogP contribution in [0.25, 0.3) is 0 Å². The second kappa shape index (κ2) is 70.3. The van der Waals surface area contributed by atoms with Gasteiger partial charge in [0.1, 0.15) is 13.2 Å². The first-order valence-corrected chi connectivity index (χ1v) is 35.9. The van der Waals surface area contributed by atoms with Gasteiger partial charge in [0.15, 0.2) is 6.10 Å². The fourth-order valence-corrected chi connectivity index (χ4v) is 10.6. The number of carbonyl (C=O) groups excluding carboxylic acids is 3. The normalized spacial score (nSPS) is 12.5. The molecule has 476 valence electrons. The van der Waals surface area contributed by atoms with Crippen molar-refractivity contribution in [1.29, 1.82) is 0 Å². The number of unbranched alkanes of at least 4 members (excludes halogenated alkanes) is 43. The molecule has 0 aromatic carbocycles. The van der Waals surface area contributed by atoms with Gasteiger partial charge in [-0.05, 0) is 70.6 Å². The van der Waals surface area contributed by atoms with Crippen LogP contribution in [-0.4, -0.2) is 37.2 Å². The van der Waals surface area contributed by atoms with Gasteiger partial charge in [-0.25, -0.2) is 0 Å². The lowest BCUT2D eigenvalue weighted by Gasteiger charge is -2.18. The van der Waals surface area contributed by atoms with Crippen LogP contribution in [0, 0.1) is 0 Å². The Labute approximate surface area is 510 Å². The number of allylic oxidation sites excluding steroid dienone is 12. The fraction of sp³-hybridized carbons (Fsp3) is 0.803. The van der Waals surface area contributed by atoms with Crippen LogP contribution in [0.15, 0.2) is 72.9 Å². The average molecular weight is 1150 g/mol. The van der Waals surface area contributed by atoms with E-state index in [-0.39, 0.29) is 31.1 Å². The molecular formula is C76H136O6. The van der Waals surface area contributed by atoms with Crippen molar-refractivity contribution in [2.75, 3.05) is 13.2 Å². The van der Waals surface area contributed by atoms with E-state index in [1.807, 2.05) is 0 Å². The molecular weight excluding hydrogens is 1010 g/mol. The SMILES string of the molecule is CC/C=C\C/C=C\C/C=C\C/C=C\C/C=C\C/C=C\CCCCCCCCCCC(=O)OCC(COC(=O)CCCCCCCCCCCCC)OC(=O)CCCCCCCCCCCCCCCCCCCCCCCCCCCC. The number of esters is 3. The average Bonchev–Trinajstić information content (AvgIpc) is 3.48. The molecule has 0 aliphatic carbocycles. The maximum absolute atomic E-state index is 13.0. The van der Waals surface area contributed by atoms with Crippen LogP contribution in [0.3, 0.4) is 0 Å². The van der Waals surface area contributed by atoms with Crippen molar-refractivity contribution in [3.05, 3.63) is 72.9 Å². The van der Waals surface area contributed by atoms with E-state index in [9.17, 15) is 14.4 Å². The van der Waals surface area contributed by atoms with Gasteiger partial charge in [0.25, 0.3) is 0 Å². The van der Waals surface area contributed by atoms with Gasteiger partial charge in [-0.2, -0.15) is 0 Å². The summed E-state index contributed by atoms with van der Waals surface area (Å²) < 4.78 is 17.0. The Balaban J connectivity index is 4.21. The zero-order valence-electron chi connectivity index (χ0n) is 54.8. The maximum Gasteiger partial charge on any atom is 0.306 e. The first-order valence-electron chi connectivity index (χ1n) is 35.9. The predicted molar refractivity (Wildman–Crippen MR) is 358 cm³/mol. The van der Waals surface area contributed by atoms with E-state index in [0.29, 0.717) is 19.3 Å². The number of hydrogen-bond donors (Lipinski definition) is 0. The summed E-state index contributed by atoms with van der Waals surface area (Å²) in [5.41, 5.74) is 0. The van der Waals surface area contributed by atoms with Crippen molar-refractivity contribution in [3.63, 3.8) is 0 Å². The molecule has 82 heavy (non-hydrogen) atoms. The second-order valence-corrected chi connectivity index (χ2v) is 24.1. The highest BCUT2D eigenvalue weighted by Gasteiger charge is 2.19. The number of hydrogen-bond acceptors (Lipinski definition) is 6. The summed E-state index contributed by atoms with van der Waals surface area (Å²) in [5.74, 6) is -0.859. The molecule has 0 aromatic rings. The molecule has 0 aliphatic rings. The largest absolute Gasteiger partial charge is 0.462 e. The third-order valence-corrected chi connectivity index (χ3v) is 16.0. The van der Waals surface area contributed by atoms with Crippen molar-refractivity contribution in [2.45, 2.75) is 380 Å². The minimum absolute atomic E-state index is 0.0726. The van der Waals surface area contributed by atoms with E-state index in [1.165, 1.54) is 231 Å². The van der Waals surface area contributed by atoms with Crippen molar-refractivity contribution in [2.24, 2.45) is 0 Å². The Kier molecular flexibility index (Phi) is 67.6. The fourth-order valence-electron chi connectivity index (χ4n) is 10.6. The van der Waals surface area contributed by atoms with E-state index in [0.717, 1.165) is 103 Å². The van der Waals surface area contributed by atoms with Crippen LogP contribution >= 0.6 is 0 Å². The molecule has 0 fully saturated rings. The van der Waals surface area contributed by atoms with E-state index >= 15 is 0 Å². The highest BCUT2D eigenvalue weighted by molar-refractivity contribution is 5.71. The zero-order chi connectivity index (χ0) is 59.2. The summed E-state index contributed by atoms with van der Waals surface area (Å²) >= 11 is 0. The van der Waals surface area contributed by atoms with Gasteiger partial charge >= 0.3 is 17.9 Å². The van der Waals surface area contributed by atoms with Crippen LogP contribution in [0.5, 0.6) is 0 Å². The molecule has 0 saturated carbocycles. The number of ether oxygens (including phenoxy) is 3. The minimum atomic E-state index is -0.777. The molecule has 0 amide bonds. The summed E-state index contributed by atoms with van der Waals surface area (Å²) in [5, 5.41) is 0. The molecule has 6 nitrogen and oxygen atoms in total. The highest BCUT2D eigenvalue weighted by Crippen LogP contribution is 2.18. The van der Waals surface area contributed by atoms with Crippen molar-refractivity contribution in [3.8, 4) is 0 Å². The lowest BCUT2D eigenvalue weighted by molar-refractivity contribution is -0.167. The second-order valence-electron chi connectivity index (χ2n) is 24.1. The van der Waals surface area contributed by atoms with Crippen LogP contribution in [0.2, 0.25) is 0 Å². The zero-order valence-corrected chi connectivity index (χ0v) is 54.8. The maximum atomic E-state index is 13.0. The Hall–Kier alpha value is -3.15. The summed E-state index contributed by atoms with van der Waals surface area (Å²) in [6.45, 7) is 6.57. The van der Waals surface area contributed by atoms with Crippen LogP contribution in [0.4, 0.5) is 0 Å². The van der Waals surface area contributed by atoms with Gasteiger partial charge in [0, 0.05) is 19.3 Å². The van der Waals surface area contributed by atoms with Gasteiger partial charge in [-0.15, -0.1) is 0 Å². The topological polar surface area (TPSA) is 78.9 Å². The van der Waals surface area contributed by atoms with E-state index in [1.54, 1.807) is 0 Å². The molecule has 0 aliphatic heterocycles. The molecule has 0 N–H and O–H groups in total. The molecule has 0 heterocycles. The molecule has 0 aromatic heterocycles. The Bertz CT molecular complexity index is 1500. The lowest BCUT2D eigenvalue weighted by Crippen LogP contribution is -2.30.